The Bertz CT molecular complexity index is 550. The molecule has 0 aliphatic carbocycles. The minimum Gasteiger partial charge on any atom is -0.375 e. The van der Waals surface area contributed by atoms with E-state index in [1.807, 2.05) is 6.20 Å². The van der Waals surface area contributed by atoms with E-state index in [0.29, 0.717) is 5.13 Å². The van der Waals surface area contributed by atoms with Gasteiger partial charge in [-0.3, -0.25) is 4.90 Å². The molecule has 0 spiro atoms. The van der Waals surface area contributed by atoms with E-state index in [0.717, 1.165) is 12.5 Å². The average molecular weight is 338 g/mol. The lowest BCUT2D eigenvalue weighted by Crippen LogP contribution is -2.33. The normalized spacial score (nSPS) is 16.4. The number of aryl methyl sites for hydroxylation is 1. The first-order valence-electron chi connectivity index (χ1n) is 7.76. The van der Waals surface area contributed by atoms with Crippen molar-refractivity contribution in [3.63, 3.8) is 0 Å². The van der Waals surface area contributed by atoms with Gasteiger partial charge in [-0.05, 0) is 50.3 Å². The number of piperidine rings is 1. The molecule has 1 aromatic heterocycles. The number of nitrogen functional groups attached to an aromatic ring is 1. The van der Waals surface area contributed by atoms with E-state index in [4.69, 9.17) is 5.73 Å². The van der Waals surface area contributed by atoms with Crippen molar-refractivity contribution in [2.45, 2.75) is 32.2 Å². The molecular weight excluding hydrogens is 314 g/mol. The Balaban J connectivity index is 0.00000176. The number of hydrogen-bond acceptors (Lipinski definition) is 4. The highest BCUT2D eigenvalue weighted by Crippen LogP contribution is 2.25. The maximum Gasteiger partial charge on any atom is 0.180 e. The molecule has 120 valence electrons. The van der Waals surface area contributed by atoms with Gasteiger partial charge in [-0.2, -0.15) is 0 Å². The number of rotatable bonds is 5. The second kappa shape index (κ2) is 8.51. The Morgan fingerprint density at radius 1 is 1.18 bits per heavy atom. The first-order chi connectivity index (χ1) is 10.3. The zero-order valence-corrected chi connectivity index (χ0v) is 14.4. The smallest absolute Gasteiger partial charge is 0.180 e. The second-order valence-electron chi connectivity index (χ2n) is 5.91. The second-order valence-corrected chi connectivity index (χ2v) is 7.06. The van der Waals surface area contributed by atoms with Crippen molar-refractivity contribution in [3.8, 4) is 0 Å². The molecule has 1 aliphatic rings. The summed E-state index contributed by atoms with van der Waals surface area (Å²) in [5, 5.41) is 0.683. The fraction of sp³-hybridized carbons (Fsp3) is 0.471. The summed E-state index contributed by atoms with van der Waals surface area (Å²) in [6.07, 6.45) is 7.10. The average Bonchev–Trinajstić information content (AvgIpc) is 2.93. The molecule has 1 aromatic carbocycles. The number of likely N-dealkylation sites (tertiary alicyclic amines) is 1. The summed E-state index contributed by atoms with van der Waals surface area (Å²) in [4.78, 5) is 7.95. The molecule has 1 aliphatic heterocycles. The van der Waals surface area contributed by atoms with Crippen LogP contribution in [0.4, 0.5) is 5.13 Å². The Kier molecular flexibility index (Phi) is 6.68. The molecule has 3 nitrogen and oxygen atoms in total. The van der Waals surface area contributed by atoms with Crippen LogP contribution in [-0.2, 0) is 13.0 Å². The van der Waals surface area contributed by atoms with Gasteiger partial charge in [-0.1, -0.05) is 30.3 Å². The van der Waals surface area contributed by atoms with Gasteiger partial charge in [0.15, 0.2) is 5.13 Å². The van der Waals surface area contributed by atoms with Crippen molar-refractivity contribution in [1.82, 2.24) is 9.88 Å². The summed E-state index contributed by atoms with van der Waals surface area (Å²) in [5.41, 5.74) is 7.16. The number of anilines is 1. The van der Waals surface area contributed by atoms with Crippen LogP contribution in [0.1, 0.15) is 29.7 Å². The Labute approximate surface area is 143 Å². The molecule has 2 N–H and O–H groups in total. The molecule has 22 heavy (non-hydrogen) atoms. The zero-order valence-electron chi connectivity index (χ0n) is 12.8. The van der Waals surface area contributed by atoms with Gasteiger partial charge >= 0.3 is 0 Å². The first-order valence-corrected chi connectivity index (χ1v) is 8.58. The van der Waals surface area contributed by atoms with Gasteiger partial charge in [-0.25, -0.2) is 4.98 Å². The predicted octanol–water partition coefficient (Wildman–Crippen LogP) is 3.99. The largest absolute Gasteiger partial charge is 0.375 e. The molecule has 2 aromatic rings. The highest BCUT2D eigenvalue weighted by atomic mass is 35.5. The van der Waals surface area contributed by atoms with Gasteiger partial charge in [0.25, 0.3) is 0 Å². The third-order valence-corrected chi connectivity index (χ3v) is 5.15. The molecule has 0 radical (unpaired) electrons. The van der Waals surface area contributed by atoms with E-state index in [1.54, 1.807) is 11.3 Å². The minimum absolute atomic E-state index is 0. The quantitative estimate of drug-likeness (QED) is 0.896. The first kappa shape index (κ1) is 17.3. The van der Waals surface area contributed by atoms with Crippen LogP contribution in [0.15, 0.2) is 36.5 Å². The van der Waals surface area contributed by atoms with Crippen molar-refractivity contribution in [1.29, 1.82) is 0 Å². The van der Waals surface area contributed by atoms with Gasteiger partial charge in [0.1, 0.15) is 0 Å². The summed E-state index contributed by atoms with van der Waals surface area (Å²) >= 11 is 1.61. The maximum atomic E-state index is 5.69. The highest BCUT2D eigenvalue weighted by Gasteiger charge is 2.19. The molecule has 5 heteroatoms. The molecule has 1 saturated heterocycles. The van der Waals surface area contributed by atoms with Crippen LogP contribution < -0.4 is 5.73 Å². The van der Waals surface area contributed by atoms with Gasteiger partial charge in [-0.15, -0.1) is 23.7 Å². The number of benzene rings is 1. The van der Waals surface area contributed by atoms with Crippen LogP contribution in [0.3, 0.4) is 0 Å². The molecule has 0 atom stereocenters. The summed E-state index contributed by atoms with van der Waals surface area (Å²) in [7, 11) is 0. The summed E-state index contributed by atoms with van der Waals surface area (Å²) in [6, 6.07) is 10.8. The number of hydrogen-bond donors (Lipinski definition) is 1. The van der Waals surface area contributed by atoms with Crippen LogP contribution in [0.5, 0.6) is 0 Å². The van der Waals surface area contributed by atoms with E-state index >= 15 is 0 Å². The van der Waals surface area contributed by atoms with Gasteiger partial charge in [0.05, 0.1) is 0 Å². The van der Waals surface area contributed by atoms with Crippen molar-refractivity contribution >= 4 is 28.9 Å². The molecule has 2 heterocycles. The summed E-state index contributed by atoms with van der Waals surface area (Å²) in [6.45, 7) is 3.43. The molecule has 0 amide bonds. The molecular formula is C17H24ClN3S. The number of halogens is 1. The van der Waals surface area contributed by atoms with Crippen LogP contribution in [0.2, 0.25) is 0 Å². The lowest BCUT2D eigenvalue weighted by molar-refractivity contribution is 0.173. The lowest BCUT2D eigenvalue weighted by Gasteiger charge is -2.31. The van der Waals surface area contributed by atoms with Crippen molar-refractivity contribution in [2.75, 3.05) is 18.8 Å². The molecule has 0 bridgehead atoms. The van der Waals surface area contributed by atoms with Gasteiger partial charge in [0.2, 0.25) is 0 Å². The van der Waals surface area contributed by atoms with Gasteiger partial charge < -0.3 is 5.73 Å². The maximum absolute atomic E-state index is 5.69. The molecule has 0 saturated carbocycles. The topological polar surface area (TPSA) is 42.1 Å². The number of aromatic nitrogens is 1. The fourth-order valence-electron chi connectivity index (χ4n) is 3.06. The van der Waals surface area contributed by atoms with Crippen LogP contribution >= 0.6 is 23.7 Å². The highest BCUT2D eigenvalue weighted by molar-refractivity contribution is 7.15. The van der Waals surface area contributed by atoms with E-state index in [2.05, 4.69) is 40.2 Å². The third-order valence-electron chi connectivity index (χ3n) is 4.34. The summed E-state index contributed by atoms with van der Waals surface area (Å²) < 4.78 is 0. The molecule has 1 fully saturated rings. The van der Waals surface area contributed by atoms with Crippen LogP contribution in [0, 0.1) is 5.92 Å². The van der Waals surface area contributed by atoms with Crippen molar-refractivity contribution in [3.05, 3.63) is 47.0 Å². The Hall–Kier alpha value is -1.10. The van der Waals surface area contributed by atoms with E-state index in [-0.39, 0.29) is 12.4 Å². The number of nitrogens with two attached hydrogens (primary N) is 1. The van der Waals surface area contributed by atoms with Crippen molar-refractivity contribution in [2.24, 2.45) is 5.92 Å². The zero-order chi connectivity index (χ0) is 14.5. The van der Waals surface area contributed by atoms with E-state index in [9.17, 15) is 0 Å². The Morgan fingerprint density at radius 2 is 1.91 bits per heavy atom. The minimum atomic E-state index is 0. The van der Waals surface area contributed by atoms with E-state index < -0.39 is 0 Å². The number of nitrogens with zero attached hydrogens (tertiary/aromatic N) is 2. The lowest BCUT2D eigenvalue weighted by atomic mass is 9.90. The molecule has 0 unspecified atom stereocenters. The summed E-state index contributed by atoms with van der Waals surface area (Å²) in [5.74, 6) is 0.882. The fourth-order valence-corrected chi connectivity index (χ4v) is 3.79. The standard InChI is InChI=1S/C17H23N3S.ClH/c18-17-19-12-16(21-17)13-20-10-8-15(9-11-20)7-6-14-4-2-1-3-5-14;/h1-5,12,15H,6-11,13H2,(H2,18,19);1H. The molecule has 3 rings (SSSR count). The predicted molar refractivity (Wildman–Crippen MR) is 96.5 cm³/mol. The third kappa shape index (κ3) is 4.97. The van der Waals surface area contributed by atoms with Crippen LogP contribution in [-0.4, -0.2) is 23.0 Å². The number of thiazole rings is 1. The van der Waals surface area contributed by atoms with Crippen molar-refractivity contribution < 1.29 is 0 Å². The van der Waals surface area contributed by atoms with E-state index in [1.165, 1.54) is 49.2 Å². The van der Waals surface area contributed by atoms with Gasteiger partial charge in [0, 0.05) is 17.6 Å². The van der Waals surface area contributed by atoms with Crippen LogP contribution in [0.25, 0.3) is 0 Å². The SMILES string of the molecule is Cl.Nc1ncc(CN2CCC(CCc3ccccc3)CC2)s1. The monoisotopic (exact) mass is 337 g/mol. The Morgan fingerprint density at radius 3 is 2.55 bits per heavy atom.